The zero-order valence-electron chi connectivity index (χ0n) is 26.8. The number of rotatable bonds is 14. The van der Waals surface area contributed by atoms with Gasteiger partial charge in [-0.2, -0.15) is 0 Å². The van der Waals surface area contributed by atoms with Crippen molar-refractivity contribution in [2.75, 3.05) is 20.3 Å². The molecule has 2 aliphatic heterocycles. The summed E-state index contributed by atoms with van der Waals surface area (Å²) in [6.07, 6.45) is 3.76. The minimum absolute atomic E-state index is 0.192. The molecule has 4 rings (SSSR count). The Morgan fingerprint density at radius 3 is 2.18 bits per heavy atom. The second-order valence-corrected chi connectivity index (χ2v) is 12.9. The third-order valence-electron chi connectivity index (χ3n) is 9.03. The highest BCUT2D eigenvalue weighted by Gasteiger charge is 2.54. The van der Waals surface area contributed by atoms with Gasteiger partial charge in [0, 0.05) is 33.1 Å². The fourth-order valence-electron chi connectivity index (χ4n) is 5.78. The molecule has 238 valence electrons. The smallest absolute Gasteiger partial charge is 0.402 e. The number of ether oxygens (including phenoxy) is 1. The van der Waals surface area contributed by atoms with Crippen molar-refractivity contribution in [3.8, 4) is 0 Å². The highest BCUT2D eigenvalue weighted by atomic mass is 16.7. The first-order valence-corrected chi connectivity index (χ1v) is 15.8. The average molecular weight is 606 g/mol. The summed E-state index contributed by atoms with van der Waals surface area (Å²) in [5.74, 6) is -1.08. The van der Waals surface area contributed by atoms with Gasteiger partial charge < -0.3 is 29.6 Å². The van der Waals surface area contributed by atoms with Crippen molar-refractivity contribution >= 4 is 24.8 Å². The van der Waals surface area contributed by atoms with Crippen LogP contribution >= 0.6 is 0 Å². The van der Waals surface area contributed by atoms with E-state index < -0.39 is 36.3 Å². The molecule has 2 heterocycles. The van der Waals surface area contributed by atoms with Crippen LogP contribution in [0.2, 0.25) is 0 Å². The molecule has 0 spiro atoms. The van der Waals surface area contributed by atoms with Gasteiger partial charge in [-0.05, 0) is 70.9 Å². The first kappa shape index (κ1) is 33.7. The van der Waals surface area contributed by atoms with Crippen molar-refractivity contribution < 1.29 is 28.4 Å². The summed E-state index contributed by atoms with van der Waals surface area (Å²) in [5, 5.41) is 6.16. The van der Waals surface area contributed by atoms with Crippen molar-refractivity contribution in [2.45, 2.75) is 102 Å². The van der Waals surface area contributed by atoms with Crippen LogP contribution in [0.15, 0.2) is 60.7 Å². The molecule has 0 saturated carbocycles. The fraction of sp³-hybridized carbons (Fsp3) is 0.559. The lowest BCUT2D eigenvalue weighted by Crippen LogP contribution is -2.57. The zero-order chi connectivity index (χ0) is 31.7. The van der Waals surface area contributed by atoms with Crippen LogP contribution in [0.25, 0.3) is 0 Å². The Bertz CT molecular complexity index is 1230. The second kappa shape index (κ2) is 15.2. The number of amides is 3. The van der Waals surface area contributed by atoms with E-state index in [-0.39, 0.29) is 24.1 Å². The van der Waals surface area contributed by atoms with Crippen LogP contribution in [-0.4, -0.2) is 79.2 Å². The Balaban J connectivity index is 1.46. The first-order valence-electron chi connectivity index (χ1n) is 15.8. The average Bonchev–Trinajstić information content (AvgIpc) is 3.57. The third-order valence-corrected chi connectivity index (χ3v) is 9.03. The molecule has 3 amide bonds. The van der Waals surface area contributed by atoms with Gasteiger partial charge in [-0.1, -0.05) is 60.7 Å². The van der Waals surface area contributed by atoms with Crippen LogP contribution in [0.5, 0.6) is 0 Å². The van der Waals surface area contributed by atoms with Gasteiger partial charge in [-0.15, -0.1) is 0 Å². The molecule has 10 heteroatoms. The summed E-state index contributed by atoms with van der Waals surface area (Å²) in [4.78, 5) is 42.6. The third kappa shape index (κ3) is 8.70. The number of nitrogens with zero attached hydrogens (tertiary/aromatic N) is 1. The Morgan fingerprint density at radius 1 is 0.955 bits per heavy atom. The lowest BCUT2D eigenvalue weighted by molar-refractivity contribution is -0.141. The fourth-order valence-corrected chi connectivity index (χ4v) is 5.78. The molecule has 0 aromatic heterocycles. The number of carbonyl (C=O) groups excluding carboxylic acids is 3. The summed E-state index contributed by atoms with van der Waals surface area (Å²) < 4.78 is 17.8. The number of aryl methyl sites for hydroxylation is 1. The lowest BCUT2D eigenvalue weighted by Gasteiger charge is -2.32. The SMILES string of the molecule is COCCCC(NC(=O)C1CCCN1C(=O)[C@@H](Cc1ccccc1)NC(=O)CCc1ccccc1)B1OC(C)(C)C(C)(C)O1. The molecule has 0 radical (unpaired) electrons. The van der Waals surface area contributed by atoms with E-state index >= 15 is 0 Å². The van der Waals surface area contributed by atoms with Crippen LogP contribution in [0.1, 0.15) is 70.9 Å². The van der Waals surface area contributed by atoms with Gasteiger partial charge in [0.15, 0.2) is 0 Å². The Morgan fingerprint density at radius 2 is 1.57 bits per heavy atom. The van der Waals surface area contributed by atoms with Gasteiger partial charge in [-0.25, -0.2) is 0 Å². The predicted octanol–water partition coefficient (Wildman–Crippen LogP) is 3.88. The van der Waals surface area contributed by atoms with Gasteiger partial charge in [0.25, 0.3) is 0 Å². The molecular weight excluding hydrogens is 557 g/mol. The number of likely N-dealkylation sites (tertiary alicyclic amines) is 1. The lowest BCUT2D eigenvalue weighted by atomic mass is 9.75. The number of carbonyl (C=O) groups is 3. The molecule has 2 N–H and O–H groups in total. The van der Waals surface area contributed by atoms with Gasteiger partial charge in [0.1, 0.15) is 12.1 Å². The number of hydrogen-bond donors (Lipinski definition) is 2. The van der Waals surface area contributed by atoms with E-state index in [2.05, 4.69) is 10.6 Å². The minimum atomic E-state index is -0.783. The molecule has 2 unspecified atom stereocenters. The molecule has 9 nitrogen and oxygen atoms in total. The second-order valence-electron chi connectivity index (χ2n) is 12.9. The number of benzene rings is 2. The topological polar surface area (TPSA) is 106 Å². The maximum atomic E-state index is 14.1. The van der Waals surface area contributed by atoms with Crippen molar-refractivity contribution in [3.05, 3.63) is 71.8 Å². The van der Waals surface area contributed by atoms with Crippen LogP contribution in [-0.2, 0) is 41.3 Å². The van der Waals surface area contributed by atoms with E-state index in [1.807, 2.05) is 88.4 Å². The van der Waals surface area contributed by atoms with Crippen LogP contribution in [0.3, 0.4) is 0 Å². The predicted molar refractivity (Wildman–Crippen MR) is 171 cm³/mol. The van der Waals surface area contributed by atoms with Crippen LogP contribution in [0, 0.1) is 0 Å². The number of nitrogens with one attached hydrogen (secondary N) is 2. The molecule has 2 aromatic carbocycles. The maximum absolute atomic E-state index is 14.1. The van der Waals surface area contributed by atoms with Gasteiger partial charge in [-0.3, -0.25) is 14.4 Å². The monoisotopic (exact) mass is 605 g/mol. The Labute approximate surface area is 262 Å². The summed E-state index contributed by atoms with van der Waals surface area (Å²) in [6.45, 7) is 8.94. The quantitative estimate of drug-likeness (QED) is 0.250. The van der Waals surface area contributed by atoms with Gasteiger partial charge in [0.05, 0.1) is 17.1 Å². The summed E-state index contributed by atoms with van der Waals surface area (Å²) in [6, 6.07) is 18.0. The van der Waals surface area contributed by atoms with Gasteiger partial charge >= 0.3 is 7.12 Å². The zero-order valence-corrected chi connectivity index (χ0v) is 26.8. The molecule has 3 atom stereocenters. The Hall–Kier alpha value is -3.21. The molecule has 2 aliphatic rings. The summed E-state index contributed by atoms with van der Waals surface area (Å²) in [5.41, 5.74) is 0.918. The van der Waals surface area contributed by atoms with Crippen molar-refractivity contribution in [3.63, 3.8) is 0 Å². The van der Waals surface area contributed by atoms with E-state index in [9.17, 15) is 14.4 Å². The standard InChI is InChI=1S/C34H48BN3O6/c1-33(2)34(3,4)44-35(43-33)29(19-13-23-42-5)37-31(40)28-18-12-22-38(28)32(41)27(24-26-16-10-7-11-17-26)36-30(39)21-20-25-14-8-6-9-15-25/h6-11,14-17,27-29H,12-13,18-24H2,1-5H3,(H,36,39)(H,37,40)/t27-,28?,29?/m1/s1. The van der Waals surface area contributed by atoms with Crippen LogP contribution < -0.4 is 10.6 Å². The highest BCUT2D eigenvalue weighted by molar-refractivity contribution is 6.48. The minimum Gasteiger partial charge on any atom is -0.402 e. The van der Waals surface area contributed by atoms with Gasteiger partial charge in [0.2, 0.25) is 17.7 Å². The summed E-state index contributed by atoms with van der Waals surface area (Å²) in [7, 11) is 1.03. The molecule has 0 aliphatic carbocycles. The molecule has 2 fully saturated rings. The van der Waals surface area contributed by atoms with E-state index in [4.69, 9.17) is 14.0 Å². The van der Waals surface area contributed by atoms with Crippen molar-refractivity contribution in [2.24, 2.45) is 0 Å². The molecular formula is C34H48BN3O6. The maximum Gasteiger partial charge on any atom is 0.481 e. The number of methoxy groups -OCH3 is 1. The van der Waals surface area contributed by atoms with E-state index in [1.165, 1.54) is 0 Å². The number of hydrogen-bond acceptors (Lipinski definition) is 6. The Kier molecular flexibility index (Phi) is 11.6. The summed E-state index contributed by atoms with van der Waals surface area (Å²) >= 11 is 0. The normalized spacial score (nSPS) is 20.2. The molecule has 44 heavy (non-hydrogen) atoms. The van der Waals surface area contributed by atoms with Crippen molar-refractivity contribution in [1.29, 1.82) is 0 Å². The highest BCUT2D eigenvalue weighted by Crippen LogP contribution is 2.38. The molecule has 2 aromatic rings. The van der Waals surface area contributed by atoms with Crippen molar-refractivity contribution in [1.82, 2.24) is 15.5 Å². The first-order chi connectivity index (χ1) is 21.0. The van der Waals surface area contributed by atoms with E-state index in [0.717, 1.165) is 11.1 Å². The van der Waals surface area contributed by atoms with E-state index in [0.29, 0.717) is 51.7 Å². The largest absolute Gasteiger partial charge is 0.481 e. The van der Waals surface area contributed by atoms with E-state index in [1.54, 1.807) is 12.0 Å². The van der Waals surface area contributed by atoms with Crippen LogP contribution in [0.4, 0.5) is 0 Å². The molecule has 0 bridgehead atoms. The molecule has 2 saturated heterocycles.